The lowest BCUT2D eigenvalue weighted by Gasteiger charge is -2.37. The topological polar surface area (TPSA) is 57.7 Å². The molecule has 110 valence electrons. The molecule has 0 radical (unpaired) electrons. The predicted octanol–water partition coefficient (Wildman–Crippen LogP) is 1.26. The quantitative estimate of drug-likeness (QED) is 0.785. The molecule has 2 heterocycles. The van der Waals surface area contributed by atoms with Crippen molar-refractivity contribution in [1.82, 2.24) is 8.61 Å². The van der Waals surface area contributed by atoms with Gasteiger partial charge in [0.05, 0.1) is 0 Å². The molecule has 0 aromatic rings. The van der Waals surface area contributed by atoms with E-state index in [-0.39, 0.29) is 11.7 Å². The van der Waals surface area contributed by atoms with Gasteiger partial charge < -0.3 is 0 Å². The fourth-order valence-corrected chi connectivity index (χ4v) is 4.78. The summed E-state index contributed by atoms with van der Waals surface area (Å²) >= 11 is 0. The monoisotopic (exact) mass is 288 g/mol. The molecule has 2 fully saturated rings. The van der Waals surface area contributed by atoms with E-state index in [1.807, 2.05) is 6.92 Å². The van der Waals surface area contributed by atoms with Crippen LogP contribution in [0.1, 0.15) is 39.5 Å². The molecule has 2 atom stereocenters. The average molecular weight is 288 g/mol. The Balaban J connectivity index is 2.09. The highest BCUT2D eigenvalue weighted by Crippen LogP contribution is 2.24. The van der Waals surface area contributed by atoms with Crippen LogP contribution in [0, 0.1) is 11.8 Å². The van der Waals surface area contributed by atoms with Crippen molar-refractivity contribution in [2.45, 2.75) is 39.5 Å². The van der Waals surface area contributed by atoms with Gasteiger partial charge in [0.15, 0.2) is 0 Å². The lowest BCUT2D eigenvalue weighted by atomic mass is 9.96. The summed E-state index contributed by atoms with van der Waals surface area (Å²) in [4.78, 5) is 11.7. The number of carbonyl (C=O) groups excluding carboxylic acids is 1. The largest absolute Gasteiger partial charge is 0.299 e. The minimum absolute atomic E-state index is 0.120. The first-order valence-electron chi connectivity index (χ1n) is 7.23. The van der Waals surface area contributed by atoms with Crippen molar-refractivity contribution in [2.75, 3.05) is 26.2 Å². The van der Waals surface area contributed by atoms with Crippen LogP contribution >= 0.6 is 0 Å². The molecule has 6 heteroatoms. The Bertz CT molecular complexity index is 435. The Kier molecular flexibility index (Phi) is 4.63. The first-order chi connectivity index (χ1) is 8.95. The summed E-state index contributed by atoms with van der Waals surface area (Å²) in [5, 5.41) is 0. The lowest BCUT2D eigenvalue weighted by Crippen LogP contribution is -2.52. The summed E-state index contributed by atoms with van der Waals surface area (Å²) in [6.45, 7) is 5.99. The van der Waals surface area contributed by atoms with Gasteiger partial charge in [-0.3, -0.25) is 4.79 Å². The van der Waals surface area contributed by atoms with Gasteiger partial charge >= 0.3 is 0 Å². The molecule has 2 unspecified atom stereocenters. The van der Waals surface area contributed by atoms with Crippen LogP contribution in [-0.4, -0.2) is 49.0 Å². The molecule has 0 aromatic carbocycles. The van der Waals surface area contributed by atoms with Crippen LogP contribution in [-0.2, 0) is 15.0 Å². The zero-order valence-corrected chi connectivity index (χ0v) is 12.7. The van der Waals surface area contributed by atoms with Crippen molar-refractivity contribution < 1.29 is 13.2 Å². The smallest absolute Gasteiger partial charge is 0.282 e. The molecule has 19 heavy (non-hydrogen) atoms. The molecule has 0 bridgehead atoms. The third-order valence-corrected chi connectivity index (χ3v) is 6.22. The molecule has 2 aliphatic heterocycles. The number of hydrogen-bond donors (Lipinski definition) is 0. The van der Waals surface area contributed by atoms with Crippen LogP contribution in [0.25, 0.3) is 0 Å². The zero-order valence-electron chi connectivity index (χ0n) is 11.8. The number of carbonyl (C=O) groups is 1. The van der Waals surface area contributed by atoms with Gasteiger partial charge in [-0.15, -0.1) is 0 Å². The molecule has 0 amide bonds. The molecule has 0 spiro atoms. The maximum atomic E-state index is 12.6. The van der Waals surface area contributed by atoms with Crippen LogP contribution in [0.2, 0.25) is 0 Å². The van der Waals surface area contributed by atoms with Crippen molar-refractivity contribution in [2.24, 2.45) is 11.8 Å². The maximum absolute atomic E-state index is 12.6. The number of piperidine rings is 2. The second-order valence-corrected chi connectivity index (χ2v) is 7.72. The molecule has 0 aromatic heterocycles. The van der Waals surface area contributed by atoms with E-state index in [4.69, 9.17) is 0 Å². The van der Waals surface area contributed by atoms with Crippen LogP contribution in [0.4, 0.5) is 0 Å². The van der Waals surface area contributed by atoms with Crippen molar-refractivity contribution >= 4 is 16.0 Å². The molecule has 2 saturated heterocycles. The maximum Gasteiger partial charge on any atom is 0.282 e. The minimum Gasteiger partial charge on any atom is -0.299 e. The summed E-state index contributed by atoms with van der Waals surface area (Å²) < 4.78 is 28.3. The highest BCUT2D eigenvalue weighted by atomic mass is 32.2. The molecule has 0 aliphatic carbocycles. The Morgan fingerprint density at radius 1 is 1.21 bits per heavy atom. The number of nitrogens with zero attached hydrogens (tertiary/aromatic N) is 2. The second kappa shape index (κ2) is 5.89. The number of rotatable bonds is 3. The van der Waals surface area contributed by atoms with E-state index in [0.29, 0.717) is 38.5 Å². The molecular formula is C13H24N2O3S. The van der Waals surface area contributed by atoms with Gasteiger partial charge in [0.25, 0.3) is 10.2 Å². The minimum atomic E-state index is -3.37. The normalized spacial score (nSPS) is 31.6. The van der Waals surface area contributed by atoms with E-state index in [1.165, 1.54) is 4.31 Å². The van der Waals surface area contributed by atoms with E-state index >= 15 is 0 Å². The van der Waals surface area contributed by atoms with Crippen molar-refractivity contribution in [3.8, 4) is 0 Å². The summed E-state index contributed by atoms with van der Waals surface area (Å²) in [5.74, 6) is 0.517. The summed E-state index contributed by atoms with van der Waals surface area (Å²) in [6, 6.07) is 0. The standard InChI is InChI=1S/C13H24N2O3S/c1-3-12-10-15(8-6-13(12)16)19(17,18)14-7-4-5-11(2)9-14/h11-12H,3-10H2,1-2H3. The molecule has 2 aliphatic rings. The third kappa shape index (κ3) is 3.17. The van der Waals surface area contributed by atoms with Gasteiger partial charge in [0.2, 0.25) is 0 Å². The number of Topliss-reactive ketones (excluding diaryl/α,β-unsaturated/α-hetero) is 1. The Morgan fingerprint density at radius 3 is 2.53 bits per heavy atom. The van der Waals surface area contributed by atoms with Crippen molar-refractivity contribution in [1.29, 1.82) is 0 Å². The van der Waals surface area contributed by atoms with E-state index in [9.17, 15) is 13.2 Å². The van der Waals surface area contributed by atoms with E-state index in [0.717, 1.165) is 19.3 Å². The van der Waals surface area contributed by atoms with Crippen LogP contribution in [0.15, 0.2) is 0 Å². The van der Waals surface area contributed by atoms with Gasteiger partial charge in [-0.1, -0.05) is 13.8 Å². The molecule has 0 saturated carbocycles. The molecular weight excluding hydrogens is 264 g/mol. The number of hydrogen-bond acceptors (Lipinski definition) is 3. The summed E-state index contributed by atoms with van der Waals surface area (Å²) in [6.07, 6.45) is 3.12. The van der Waals surface area contributed by atoms with Crippen LogP contribution < -0.4 is 0 Å². The van der Waals surface area contributed by atoms with E-state index < -0.39 is 10.2 Å². The highest BCUT2D eigenvalue weighted by Gasteiger charge is 2.37. The summed E-state index contributed by atoms with van der Waals surface area (Å²) in [7, 11) is -3.37. The molecule has 0 N–H and O–H groups in total. The number of ketones is 1. The zero-order chi connectivity index (χ0) is 14.0. The van der Waals surface area contributed by atoms with Crippen molar-refractivity contribution in [3.63, 3.8) is 0 Å². The van der Waals surface area contributed by atoms with Crippen LogP contribution in [0.5, 0.6) is 0 Å². The lowest BCUT2D eigenvalue weighted by molar-refractivity contribution is -0.125. The second-order valence-electron chi connectivity index (χ2n) is 5.79. The fraction of sp³-hybridized carbons (Fsp3) is 0.923. The van der Waals surface area contributed by atoms with Gasteiger partial charge in [-0.05, 0) is 25.2 Å². The van der Waals surface area contributed by atoms with Gasteiger partial charge in [0.1, 0.15) is 5.78 Å². The van der Waals surface area contributed by atoms with Gasteiger partial charge in [0, 0.05) is 38.5 Å². The SMILES string of the molecule is CCC1CN(S(=O)(=O)N2CCCC(C)C2)CCC1=O. The Labute approximate surface area is 116 Å². The average Bonchev–Trinajstić information content (AvgIpc) is 2.39. The molecule has 5 nitrogen and oxygen atoms in total. The third-order valence-electron chi connectivity index (χ3n) is 4.25. The predicted molar refractivity (Wildman–Crippen MR) is 73.9 cm³/mol. The van der Waals surface area contributed by atoms with Gasteiger partial charge in [-0.2, -0.15) is 17.0 Å². The highest BCUT2D eigenvalue weighted by molar-refractivity contribution is 7.86. The van der Waals surface area contributed by atoms with E-state index in [1.54, 1.807) is 4.31 Å². The van der Waals surface area contributed by atoms with E-state index in [2.05, 4.69) is 6.92 Å². The van der Waals surface area contributed by atoms with Crippen LogP contribution in [0.3, 0.4) is 0 Å². The summed E-state index contributed by atoms with van der Waals surface area (Å²) in [5.41, 5.74) is 0. The first-order valence-corrected chi connectivity index (χ1v) is 8.62. The fourth-order valence-electron chi connectivity index (χ4n) is 2.96. The first kappa shape index (κ1) is 14.9. The van der Waals surface area contributed by atoms with Crippen molar-refractivity contribution in [3.05, 3.63) is 0 Å². The Morgan fingerprint density at radius 2 is 1.89 bits per heavy atom. The van der Waals surface area contributed by atoms with Gasteiger partial charge in [-0.25, -0.2) is 0 Å². The Hall–Kier alpha value is -0.460. The molecule has 2 rings (SSSR count).